The van der Waals surface area contributed by atoms with Crippen molar-refractivity contribution in [2.75, 3.05) is 16.8 Å². The van der Waals surface area contributed by atoms with Gasteiger partial charge in [0, 0.05) is 46.6 Å². The van der Waals surface area contributed by atoms with Crippen LogP contribution >= 0.6 is 39.5 Å². The number of hydrogen-bond donors (Lipinski definition) is 0. The minimum absolute atomic E-state index is 0. The monoisotopic (exact) mass is 864 g/mol. The summed E-state index contributed by atoms with van der Waals surface area (Å²) in [6, 6.07) is 0. The molecule has 0 aromatic carbocycles. The minimum atomic E-state index is -0.262. The average molecular weight is 866 g/mol. The van der Waals surface area contributed by atoms with E-state index in [-0.39, 0.29) is 77.6 Å². The number of unbranched alkanes of at least 4 members (excludes halogenated alkanes) is 6. The van der Waals surface area contributed by atoms with E-state index in [2.05, 4.69) is 83.9 Å². The van der Waals surface area contributed by atoms with Crippen molar-refractivity contribution < 1.29 is 75.4 Å². The standard InChI is InChI=1S/C15H30OS.C13H24O2S.C11H21BrO.C2H4OS.K/c1-6-8-10-15(13(3)4,11-9-7-2)12-17-14(5)16;1-4-6-8-13(10-14,9-7-5-2)11-16-12(3)15;1-3-5-7-11(9-12,10-13)8-6-4-2;1-2(3)4;/h13H,6-12H2,1-5H3;10H,4-9,11H2,1-3H3;10H,3-9H2,1-2H3;1H3,(H,3,4);/q;;;;+1/p-1. The third-order valence-corrected chi connectivity index (χ3v) is 12.7. The Labute approximate surface area is 381 Å². The Morgan fingerprint density at radius 2 is 0.863 bits per heavy atom. The molecular weight excluding hydrogens is 788 g/mol. The summed E-state index contributed by atoms with van der Waals surface area (Å²) < 4.78 is 0. The van der Waals surface area contributed by atoms with E-state index in [1.807, 2.05) is 0 Å². The molecule has 0 saturated heterocycles. The molecule has 0 rings (SSSR count). The van der Waals surface area contributed by atoms with Crippen LogP contribution in [0.25, 0.3) is 0 Å². The zero-order valence-electron chi connectivity index (χ0n) is 35.2. The van der Waals surface area contributed by atoms with Crippen molar-refractivity contribution >= 4 is 80.0 Å². The van der Waals surface area contributed by atoms with Gasteiger partial charge in [0.2, 0.25) is 0 Å². The van der Waals surface area contributed by atoms with E-state index in [1.165, 1.54) is 81.8 Å². The van der Waals surface area contributed by atoms with Gasteiger partial charge in [0.15, 0.2) is 10.2 Å². The molecule has 0 aliphatic carbocycles. The molecule has 0 aromatic rings. The number of halogens is 1. The fraction of sp³-hybridized carbons (Fsp3) is 0.878. The second kappa shape index (κ2) is 41.0. The molecule has 10 heteroatoms. The van der Waals surface area contributed by atoms with Gasteiger partial charge < -0.3 is 27.0 Å². The average Bonchev–Trinajstić information content (AvgIpc) is 3.08. The summed E-state index contributed by atoms with van der Waals surface area (Å²) in [5.41, 5.74) is 0.0384. The number of alkyl halides is 1. The molecule has 0 atom stereocenters. The molecule has 298 valence electrons. The summed E-state index contributed by atoms with van der Waals surface area (Å²) in [6.07, 6.45) is 22.9. The number of carbonyl (C=O) groups excluding carboxylic acids is 5. The smallest absolute Gasteiger partial charge is 0.742 e. The van der Waals surface area contributed by atoms with Gasteiger partial charge >= 0.3 is 51.4 Å². The van der Waals surface area contributed by atoms with Crippen molar-refractivity contribution in [1.29, 1.82) is 0 Å². The maximum atomic E-state index is 11.3. The van der Waals surface area contributed by atoms with E-state index in [9.17, 15) is 24.0 Å². The molecule has 0 spiro atoms. The third kappa shape index (κ3) is 36.8. The summed E-state index contributed by atoms with van der Waals surface area (Å²) in [5, 5.41) is 0.950. The molecule has 0 aromatic heterocycles. The molecule has 0 unspecified atom stereocenters. The largest absolute Gasteiger partial charge is 1.00 e. The SMILES string of the molecule is CC(=O)[S-].CCCCC(C=O)(CBr)CCCC.CCCCC(C=O)(CCCC)CSC(C)=O.CCCCC(CCCC)(CSC(C)=O)C(C)C.[K+]. The van der Waals surface area contributed by atoms with Gasteiger partial charge in [-0.25, -0.2) is 0 Å². The zero-order valence-corrected chi connectivity index (χ0v) is 42.4. The Morgan fingerprint density at radius 3 is 1.10 bits per heavy atom. The molecule has 5 nitrogen and oxygen atoms in total. The first-order valence-corrected chi connectivity index (χ1v) is 23.0. The number of thioether (sulfide) groups is 2. The molecule has 0 bridgehead atoms. The number of carbonyl (C=O) groups is 5. The van der Waals surface area contributed by atoms with Gasteiger partial charge in [-0.05, 0) is 56.8 Å². The molecule has 0 N–H and O–H groups in total. The Bertz CT molecular complexity index is 829. The normalized spacial score (nSPS) is 11.1. The summed E-state index contributed by atoms with van der Waals surface area (Å²) in [7, 11) is 0. The molecule has 0 fully saturated rings. The van der Waals surface area contributed by atoms with Gasteiger partial charge in [-0.1, -0.05) is 172 Å². The predicted molar refractivity (Wildman–Crippen MR) is 230 cm³/mol. The molecule has 0 aliphatic rings. The summed E-state index contributed by atoms with van der Waals surface area (Å²) >= 11 is 10.3. The van der Waals surface area contributed by atoms with Gasteiger partial charge in [0.05, 0.1) is 0 Å². The van der Waals surface area contributed by atoms with Crippen LogP contribution in [0, 0.1) is 22.2 Å². The first-order chi connectivity index (χ1) is 23.6. The van der Waals surface area contributed by atoms with E-state index >= 15 is 0 Å². The van der Waals surface area contributed by atoms with Crippen molar-refractivity contribution in [1.82, 2.24) is 0 Å². The van der Waals surface area contributed by atoms with Gasteiger partial charge in [-0.15, -0.1) is 0 Å². The van der Waals surface area contributed by atoms with Crippen molar-refractivity contribution in [2.24, 2.45) is 22.2 Å². The van der Waals surface area contributed by atoms with E-state index in [0.717, 1.165) is 87.9 Å². The van der Waals surface area contributed by atoms with Gasteiger partial charge in [0.1, 0.15) is 12.6 Å². The summed E-state index contributed by atoms with van der Waals surface area (Å²) in [6.45, 7) is 22.4. The Balaban J connectivity index is -0.000000196. The van der Waals surface area contributed by atoms with E-state index in [1.54, 1.807) is 13.8 Å². The van der Waals surface area contributed by atoms with Crippen LogP contribution in [0.15, 0.2) is 0 Å². The van der Waals surface area contributed by atoms with E-state index in [0.29, 0.717) is 17.1 Å². The van der Waals surface area contributed by atoms with E-state index in [4.69, 9.17) is 0 Å². The zero-order chi connectivity index (χ0) is 39.5. The Hall–Kier alpha value is 1.39. The van der Waals surface area contributed by atoms with Crippen LogP contribution < -0.4 is 51.4 Å². The van der Waals surface area contributed by atoms with Crippen LogP contribution in [0.2, 0.25) is 0 Å². The fourth-order valence-electron chi connectivity index (χ4n) is 5.51. The van der Waals surface area contributed by atoms with Gasteiger partial charge in [0.25, 0.3) is 0 Å². The minimum Gasteiger partial charge on any atom is -0.742 e. The maximum Gasteiger partial charge on any atom is 1.00 e. The van der Waals surface area contributed by atoms with Crippen LogP contribution in [-0.4, -0.2) is 44.8 Å². The first-order valence-electron chi connectivity index (χ1n) is 19.5. The van der Waals surface area contributed by atoms with Crippen molar-refractivity contribution in [2.45, 2.75) is 192 Å². The summed E-state index contributed by atoms with van der Waals surface area (Å²) in [4.78, 5) is 53.9. The van der Waals surface area contributed by atoms with Crippen molar-refractivity contribution in [3.8, 4) is 0 Å². The first kappa shape index (κ1) is 61.6. The van der Waals surface area contributed by atoms with Crippen LogP contribution in [0.4, 0.5) is 0 Å². The van der Waals surface area contributed by atoms with Crippen LogP contribution in [-0.2, 0) is 36.6 Å². The second-order valence-corrected chi connectivity index (χ2v) is 17.7. The molecule has 0 amide bonds. The number of rotatable bonds is 26. The number of aldehydes is 2. The molecule has 0 aliphatic heterocycles. The quantitative estimate of drug-likeness (QED) is 0.0368. The van der Waals surface area contributed by atoms with Gasteiger partial charge in [-0.3, -0.25) is 9.59 Å². The molecule has 0 saturated carbocycles. The van der Waals surface area contributed by atoms with Crippen molar-refractivity contribution in [3.63, 3.8) is 0 Å². The Morgan fingerprint density at radius 1 is 0.588 bits per heavy atom. The maximum absolute atomic E-state index is 11.3. The molecule has 51 heavy (non-hydrogen) atoms. The van der Waals surface area contributed by atoms with Crippen LogP contribution in [0.1, 0.15) is 192 Å². The van der Waals surface area contributed by atoms with Crippen LogP contribution in [0.5, 0.6) is 0 Å². The molecular formula is C41H78BrKO5S3. The topological polar surface area (TPSA) is 85.3 Å². The van der Waals surface area contributed by atoms with Crippen molar-refractivity contribution in [3.05, 3.63) is 0 Å². The molecule has 0 radical (unpaired) electrons. The predicted octanol–water partition coefficient (Wildman–Crippen LogP) is 10.2. The van der Waals surface area contributed by atoms with Crippen LogP contribution in [0.3, 0.4) is 0 Å². The Kier molecular flexibility index (Phi) is 49.6. The van der Waals surface area contributed by atoms with E-state index < -0.39 is 0 Å². The third-order valence-electron chi connectivity index (χ3n) is 9.29. The molecule has 0 heterocycles. The van der Waals surface area contributed by atoms with Gasteiger partial charge in [-0.2, -0.15) is 0 Å². The number of hydrogen-bond acceptors (Lipinski definition) is 8. The summed E-state index contributed by atoms with van der Waals surface area (Å²) in [5.74, 6) is 2.35. The fourth-order valence-corrected chi connectivity index (χ4v) is 8.16. The second-order valence-electron chi connectivity index (χ2n) is 14.3.